The van der Waals surface area contributed by atoms with Crippen molar-refractivity contribution in [2.75, 3.05) is 13.2 Å². The largest absolute Gasteiger partial charge is 0.369 e. The second kappa shape index (κ2) is 7.33. The highest BCUT2D eigenvalue weighted by Crippen LogP contribution is 2.00. The Morgan fingerprint density at radius 1 is 1.46 bits per heavy atom. The first kappa shape index (κ1) is 12.9. The average Bonchev–Trinajstić information content (AvgIpc) is 2.00. The van der Waals surface area contributed by atoms with Gasteiger partial charge in [-0.15, -0.1) is 0 Å². The van der Waals surface area contributed by atoms with Crippen LogP contribution in [0.1, 0.15) is 27.2 Å². The van der Waals surface area contributed by atoms with Gasteiger partial charge in [-0.05, 0) is 20.3 Å². The van der Waals surface area contributed by atoms with E-state index in [0.29, 0.717) is 11.4 Å². The van der Waals surface area contributed by atoms with Crippen LogP contribution in [0.2, 0.25) is 0 Å². The summed E-state index contributed by atoms with van der Waals surface area (Å²) >= 11 is 3.40. The molecule has 78 valence electrons. The zero-order chi connectivity index (χ0) is 10.3. The number of nitrogens with one attached hydrogen (secondary N) is 1. The molecule has 3 nitrogen and oxygen atoms in total. The molecule has 0 aliphatic carbocycles. The van der Waals surface area contributed by atoms with Gasteiger partial charge in [-0.25, -0.2) is 0 Å². The molecule has 0 aliphatic rings. The molecule has 0 spiro atoms. The molecule has 0 aliphatic heterocycles. The maximum Gasteiger partial charge on any atom is 0.246 e. The van der Waals surface area contributed by atoms with Crippen LogP contribution in [0.15, 0.2) is 0 Å². The van der Waals surface area contributed by atoms with E-state index < -0.39 is 0 Å². The van der Waals surface area contributed by atoms with Crippen molar-refractivity contribution in [3.05, 3.63) is 0 Å². The summed E-state index contributed by atoms with van der Waals surface area (Å²) < 4.78 is 5.14. The van der Waals surface area contributed by atoms with Crippen LogP contribution in [0.3, 0.4) is 0 Å². The van der Waals surface area contributed by atoms with Crippen molar-refractivity contribution in [1.29, 1.82) is 0 Å². The third-order valence-corrected chi connectivity index (χ3v) is 1.87. The van der Waals surface area contributed by atoms with Crippen molar-refractivity contribution in [2.24, 2.45) is 0 Å². The van der Waals surface area contributed by atoms with Crippen LogP contribution in [-0.4, -0.2) is 30.0 Å². The fourth-order valence-corrected chi connectivity index (χ4v) is 0.933. The van der Waals surface area contributed by atoms with Gasteiger partial charge in [0.15, 0.2) is 0 Å². The van der Waals surface area contributed by atoms with Gasteiger partial charge in [0, 0.05) is 11.4 Å². The molecule has 0 saturated heterocycles. The van der Waals surface area contributed by atoms with Crippen LogP contribution in [0.5, 0.6) is 0 Å². The number of hydrogen-bond donors (Lipinski definition) is 1. The first-order chi connectivity index (χ1) is 6.02. The topological polar surface area (TPSA) is 38.3 Å². The summed E-state index contributed by atoms with van der Waals surface area (Å²) in [5.41, 5.74) is 0. The number of hydrogen-bond acceptors (Lipinski definition) is 2. The van der Waals surface area contributed by atoms with Gasteiger partial charge in [0.1, 0.15) is 6.61 Å². The van der Waals surface area contributed by atoms with Gasteiger partial charge < -0.3 is 10.1 Å². The summed E-state index contributed by atoms with van der Waals surface area (Å²) in [4.78, 5) is 11.5. The van der Waals surface area contributed by atoms with E-state index in [9.17, 15) is 4.79 Å². The normalized spacial score (nSPS) is 13.0. The number of alkyl halides is 1. The van der Waals surface area contributed by atoms with Gasteiger partial charge in [0.25, 0.3) is 0 Å². The molecule has 1 unspecified atom stereocenters. The highest BCUT2D eigenvalue weighted by atomic mass is 79.9. The third kappa shape index (κ3) is 9.83. The van der Waals surface area contributed by atoms with E-state index in [1.54, 1.807) is 0 Å². The summed E-state index contributed by atoms with van der Waals surface area (Å²) in [6, 6.07) is 0. The minimum atomic E-state index is -0.0400. The Hall–Kier alpha value is -0.0900. The fourth-order valence-electron chi connectivity index (χ4n) is 0.704. The number of halogens is 1. The number of carbonyl (C=O) groups is 1. The lowest BCUT2D eigenvalue weighted by molar-refractivity contribution is -0.127. The monoisotopic (exact) mass is 251 g/mol. The summed E-state index contributed by atoms with van der Waals surface area (Å²) in [6.07, 6.45) is 1.05. The Morgan fingerprint density at radius 3 is 2.54 bits per heavy atom. The minimum Gasteiger partial charge on any atom is -0.369 e. The molecule has 0 saturated carbocycles. The van der Waals surface area contributed by atoms with E-state index in [2.05, 4.69) is 28.2 Å². The summed E-state index contributed by atoms with van der Waals surface area (Å²) in [5.74, 6) is -0.0400. The summed E-state index contributed by atoms with van der Waals surface area (Å²) in [7, 11) is 0. The van der Waals surface area contributed by atoms with Crippen molar-refractivity contribution in [1.82, 2.24) is 5.32 Å². The summed E-state index contributed by atoms with van der Waals surface area (Å²) in [5, 5.41) is 2.78. The predicted molar refractivity (Wildman–Crippen MR) is 57.1 cm³/mol. The van der Waals surface area contributed by atoms with E-state index in [1.165, 1.54) is 0 Å². The van der Waals surface area contributed by atoms with Crippen molar-refractivity contribution >= 4 is 21.8 Å². The van der Waals surface area contributed by atoms with E-state index in [0.717, 1.165) is 6.42 Å². The predicted octanol–water partition coefficient (Wildman–Crippen LogP) is 1.70. The highest BCUT2D eigenvalue weighted by molar-refractivity contribution is 9.09. The van der Waals surface area contributed by atoms with E-state index in [-0.39, 0.29) is 18.6 Å². The second-order valence-electron chi connectivity index (χ2n) is 3.28. The SMILES string of the molecule is CC(Br)CCNC(=O)COC(C)C. The molecule has 1 amide bonds. The Labute approximate surface area is 88.4 Å². The van der Waals surface area contributed by atoms with Gasteiger partial charge in [-0.2, -0.15) is 0 Å². The first-order valence-corrected chi connectivity index (χ1v) is 5.46. The Bertz CT molecular complexity index is 149. The quantitative estimate of drug-likeness (QED) is 0.731. The lowest BCUT2D eigenvalue weighted by Crippen LogP contribution is -2.30. The van der Waals surface area contributed by atoms with Crippen LogP contribution in [0.25, 0.3) is 0 Å². The highest BCUT2D eigenvalue weighted by Gasteiger charge is 2.02. The van der Waals surface area contributed by atoms with Gasteiger partial charge in [0.2, 0.25) is 5.91 Å². The number of amides is 1. The molecule has 1 N–H and O–H groups in total. The number of carbonyl (C=O) groups excluding carboxylic acids is 1. The smallest absolute Gasteiger partial charge is 0.246 e. The van der Waals surface area contributed by atoms with Gasteiger partial charge in [-0.3, -0.25) is 4.79 Å². The Kier molecular flexibility index (Phi) is 7.28. The van der Waals surface area contributed by atoms with E-state index >= 15 is 0 Å². The van der Waals surface area contributed by atoms with Crippen LogP contribution in [0, 0.1) is 0 Å². The maximum atomic E-state index is 11.1. The lowest BCUT2D eigenvalue weighted by atomic mass is 10.3. The lowest BCUT2D eigenvalue weighted by Gasteiger charge is -2.08. The van der Waals surface area contributed by atoms with Crippen LogP contribution in [0.4, 0.5) is 0 Å². The van der Waals surface area contributed by atoms with Gasteiger partial charge in [-0.1, -0.05) is 22.9 Å². The van der Waals surface area contributed by atoms with Crippen molar-refractivity contribution in [3.63, 3.8) is 0 Å². The van der Waals surface area contributed by atoms with Crippen molar-refractivity contribution in [3.8, 4) is 0 Å². The zero-order valence-corrected chi connectivity index (χ0v) is 10.1. The maximum absolute atomic E-state index is 11.1. The molecule has 0 rings (SSSR count). The van der Waals surface area contributed by atoms with E-state index in [4.69, 9.17) is 4.74 Å². The Balaban J connectivity index is 3.30. The molecule has 0 aromatic rings. The molecule has 0 heterocycles. The third-order valence-electron chi connectivity index (χ3n) is 1.41. The first-order valence-electron chi connectivity index (χ1n) is 4.54. The molecule has 0 aromatic heterocycles. The molecule has 4 heteroatoms. The number of ether oxygens (including phenoxy) is 1. The van der Waals surface area contributed by atoms with Crippen LogP contribution in [-0.2, 0) is 9.53 Å². The molecule has 1 atom stereocenters. The van der Waals surface area contributed by atoms with E-state index in [1.807, 2.05) is 13.8 Å². The molecule has 0 fully saturated rings. The van der Waals surface area contributed by atoms with Crippen LogP contribution >= 0.6 is 15.9 Å². The second-order valence-corrected chi connectivity index (χ2v) is 4.84. The zero-order valence-electron chi connectivity index (χ0n) is 8.47. The number of rotatable bonds is 6. The molecule has 0 bridgehead atoms. The molecular formula is C9H18BrNO2. The Morgan fingerprint density at radius 2 is 2.08 bits per heavy atom. The molecule has 0 radical (unpaired) electrons. The molecule has 13 heavy (non-hydrogen) atoms. The molecule has 0 aromatic carbocycles. The standard InChI is InChI=1S/C9H18BrNO2/c1-7(2)13-6-9(12)11-5-4-8(3)10/h7-8H,4-6H2,1-3H3,(H,11,12). The average molecular weight is 252 g/mol. The fraction of sp³-hybridized carbons (Fsp3) is 0.889. The van der Waals surface area contributed by atoms with Gasteiger partial charge >= 0.3 is 0 Å². The van der Waals surface area contributed by atoms with Gasteiger partial charge in [0.05, 0.1) is 6.10 Å². The van der Waals surface area contributed by atoms with Crippen molar-refractivity contribution in [2.45, 2.75) is 38.1 Å². The van der Waals surface area contributed by atoms with Crippen LogP contribution < -0.4 is 5.32 Å². The minimum absolute atomic E-state index is 0.0400. The molecular weight excluding hydrogens is 234 g/mol. The summed E-state index contributed by atoms with van der Waals surface area (Å²) in [6.45, 7) is 6.74. The van der Waals surface area contributed by atoms with Crippen molar-refractivity contribution < 1.29 is 9.53 Å².